The monoisotopic (exact) mass is 290 g/mol. The standard InChI is InChI=1S/C15H18N2O2S/c1-10-5-4-6-13(7-10)19-8-15(18)16-11(2)14-9-20-12(3)17-14/h4-7,9,11H,8H2,1-3H3,(H,16,18). The first-order chi connectivity index (χ1) is 9.54. The number of carbonyl (C=O) groups is 1. The van der Waals surface area contributed by atoms with Crippen molar-refractivity contribution < 1.29 is 9.53 Å². The van der Waals surface area contributed by atoms with Crippen molar-refractivity contribution in [3.8, 4) is 5.75 Å². The highest BCUT2D eigenvalue weighted by atomic mass is 32.1. The van der Waals surface area contributed by atoms with Gasteiger partial charge < -0.3 is 10.1 Å². The first kappa shape index (κ1) is 14.5. The summed E-state index contributed by atoms with van der Waals surface area (Å²) < 4.78 is 5.46. The second kappa shape index (κ2) is 6.52. The fraction of sp³-hybridized carbons (Fsp3) is 0.333. The van der Waals surface area contributed by atoms with Crippen LogP contribution in [0.25, 0.3) is 0 Å². The summed E-state index contributed by atoms with van der Waals surface area (Å²) in [5.41, 5.74) is 1.99. The molecule has 1 aromatic carbocycles. The third-order valence-electron chi connectivity index (χ3n) is 2.82. The van der Waals surface area contributed by atoms with Crippen molar-refractivity contribution in [1.82, 2.24) is 10.3 Å². The van der Waals surface area contributed by atoms with E-state index in [0.29, 0.717) is 5.75 Å². The molecule has 4 nitrogen and oxygen atoms in total. The van der Waals surface area contributed by atoms with Crippen LogP contribution in [0.5, 0.6) is 5.75 Å². The molecule has 0 saturated carbocycles. The first-order valence-electron chi connectivity index (χ1n) is 6.45. The lowest BCUT2D eigenvalue weighted by atomic mass is 10.2. The van der Waals surface area contributed by atoms with E-state index in [0.717, 1.165) is 16.3 Å². The number of hydrogen-bond donors (Lipinski definition) is 1. The number of aromatic nitrogens is 1. The van der Waals surface area contributed by atoms with E-state index in [2.05, 4.69) is 10.3 Å². The number of thiazole rings is 1. The summed E-state index contributed by atoms with van der Waals surface area (Å²) in [4.78, 5) is 16.2. The summed E-state index contributed by atoms with van der Waals surface area (Å²) in [6.45, 7) is 5.86. The summed E-state index contributed by atoms with van der Waals surface area (Å²) in [6.07, 6.45) is 0. The van der Waals surface area contributed by atoms with Crippen LogP contribution in [-0.4, -0.2) is 17.5 Å². The maximum atomic E-state index is 11.8. The molecular weight excluding hydrogens is 272 g/mol. The van der Waals surface area contributed by atoms with Gasteiger partial charge in [0.15, 0.2) is 6.61 Å². The van der Waals surface area contributed by atoms with Crippen LogP contribution >= 0.6 is 11.3 Å². The number of nitrogens with zero attached hydrogens (tertiary/aromatic N) is 1. The molecule has 5 heteroatoms. The fourth-order valence-electron chi connectivity index (χ4n) is 1.79. The lowest BCUT2D eigenvalue weighted by Gasteiger charge is -2.12. The van der Waals surface area contributed by atoms with Crippen LogP contribution in [0.2, 0.25) is 0 Å². The van der Waals surface area contributed by atoms with Gasteiger partial charge in [-0.3, -0.25) is 4.79 Å². The molecular formula is C15H18N2O2S. The molecule has 20 heavy (non-hydrogen) atoms. The molecule has 1 unspecified atom stereocenters. The van der Waals surface area contributed by atoms with E-state index in [-0.39, 0.29) is 18.6 Å². The fourth-order valence-corrected chi connectivity index (χ4v) is 2.50. The number of carbonyl (C=O) groups excluding carboxylic acids is 1. The van der Waals surface area contributed by atoms with Crippen LogP contribution in [0.15, 0.2) is 29.6 Å². The van der Waals surface area contributed by atoms with Crippen LogP contribution in [0.4, 0.5) is 0 Å². The van der Waals surface area contributed by atoms with Gasteiger partial charge in [-0.1, -0.05) is 12.1 Å². The Labute approximate surface area is 122 Å². The van der Waals surface area contributed by atoms with Crippen molar-refractivity contribution >= 4 is 17.2 Å². The van der Waals surface area contributed by atoms with E-state index in [9.17, 15) is 4.79 Å². The SMILES string of the molecule is Cc1cccc(OCC(=O)NC(C)c2csc(C)n2)c1. The van der Waals surface area contributed by atoms with E-state index in [1.54, 1.807) is 11.3 Å². The molecule has 1 amide bonds. The predicted octanol–water partition coefficient (Wildman–Crippen LogP) is 3.02. The summed E-state index contributed by atoms with van der Waals surface area (Å²) in [5, 5.41) is 5.83. The molecule has 0 saturated heterocycles. The van der Waals surface area contributed by atoms with Crippen LogP contribution in [-0.2, 0) is 4.79 Å². The summed E-state index contributed by atoms with van der Waals surface area (Å²) in [7, 11) is 0. The van der Waals surface area contributed by atoms with Gasteiger partial charge >= 0.3 is 0 Å². The van der Waals surface area contributed by atoms with Crippen molar-refractivity contribution in [2.24, 2.45) is 0 Å². The molecule has 106 valence electrons. The van der Waals surface area contributed by atoms with Crippen molar-refractivity contribution in [2.75, 3.05) is 6.61 Å². The molecule has 1 atom stereocenters. The lowest BCUT2D eigenvalue weighted by molar-refractivity contribution is -0.123. The van der Waals surface area contributed by atoms with Gasteiger partial charge in [-0.25, -0.2) is 4.98 Å². The van der Waals surface area contributed by atoms with Crippen LogP contribution in [0, 0.1) is 13.8 Å². The normalized spacial score (nSPS) is 11.9. The Balaban J connectivity index is 1.83. The van der Waals surface area contributed by atoms with E-state index >= 15 is 0 Å². The van der Waals surface area contributed by atoms with E-state index in [1.807, 2.05) is 50.4 Å². The Morgan fingerprint density at radius 1 is 1.45 bits per heavy atom. The first-order valence-corrected chi connectivity index (χ1v) is 7.33. The summed E-state index contributed by atoms with van der Waals surface area (Å²) in [6, 6.07) is 7.53. The number of ether oxygens (including phenoxy) is 1. The molecule has 0 fully saturated rings. The highest BCUT2D eigenvalue weighted by Crippen LogP contribution is 2.16. The quantitative estimate of drug-likeness (QED) is 0.921. The van der Waals surface area contributed by atoms with Gasteiger partial charge in [0, 0.05) is 5.38 Å². The minimum atomic E-state index is -0.148. The van der Waals surface area contributed by atoms with E-state index in [4.69, 9.17) is 4.74 Å². The van der Waals surface area contributed by atoms with Gasteiger partial charge in [0.05, 0.1) is 16.7 Å². The second-order valence-electron chi connectivity index (χ2n) is 4.69. The van der Waals surface area contributed by atoms with Gasteiger partial charge in [0.1, 0.15) is 5.75 Å². The van der Waals surface area contributed by atoms with Gasteiger partial charge in [-0.05, 0) is 38.5 Å². The van der Waals surface area contributed by atoms with Crippen molar-refractivity contribution in [1.29, 1.82) is 0 Å². The molecule has 0 aliphatic rings. The second-order valence-corrected chi connectivity index (χ2v) is 5.75. The topological polar surface area (TPSA) is 51.2 Å². The molecule has 0 radical (unpaired) electrons. The molecule has 0 spiro atoms. The van der Waals surface area contributed by atoms with Crippen molar-refractivity contribution in [3.05, 3.63) is 45.9 Å². The minimum absolute atomic E-state index is 0.0108. The molecule has 0 aliphatic heterocycles. The van der Waals surface area contributed by atoms with E-state index < -0.39 is 0 Å². The molecule has 2 aromatic rings. The smallest absolute Gasteiger partial charge is 0.258 e. The van der Waals surface area contributed by atoms with Crippen molar-refractivity contribution in [3.63, 3.8) is 0 Å². The molecule has 1 N–H and O–H groups in total. The number of aryl methyl sites for hydroxylation is 2. The Hall–Kier alpha value is -1.88. The third kappa shape index (κ3) is 4.06. The number of nitrogens with one attached hydrogen (secondary N) is 1. The lowest BCUT2D eigenvalue weighted by Crippen LogP contribution is -2.31. The number of benzene rings is 1. The average molecular weight is 290 g/mol. The molecule has 0 aliphatic carbocycles. The third-order valence-corrected chi connectivity index (χ3v) is 3.61. The molecule has 1 heterocycles. The van der Waals surface area contributed by atoms with Crippen LogP contribution in [0.1, 0.15) is 29.2 Å². The molecule has 0 bridgehead atoms. The van der Waals surface area contributed by atoms with E-state index in [1.165, 1.54) is 0 Å². The summed E-state index contributed by atoms with van der Waals surface area (Å²) >= 11 is 1.58. The van der Waals surface area contributed by atoms with Crippen molar-refractivity contribution in [2.45, 2.75) is 26.8 Å². The minimum Gasteiger partial charge on any atom is -0.484 e. The maximum Gasteiger partial charge on any atom is 0.258 e. The summed E-state index contributed by atoms with van der Waals surface area (Å²) in [5.74, 6) is 0.557. The predicted molar refractivity (Wildman–Crippen MR) is 80.1 cm³/mol. The highest BCUT2D eigenvalue weighted by molar-refractivity contribution is 7.09. The Morgan fingerprint density at radius 2 is 2.25 bits per heavy atom. The average Bonchev–Trinajstić information content (AvgIpc) is 2.83. The highest BCUT2D eigenvalue weighted by Gasteiger charge is 2.12. The zero-order valence-corrected chi connectivity index (χ0v) is 12.7. The zero-order chi connectivity index (χ0) is 14.5. The largest absolute Gasteiger partial charge is 0.484 e. The maximum absolute atomic E-state index is 11.8. The number of rotatable bonds is 5. The zero-order valence-electron chi connectivity index (χ0n) is 11.8. The van der Waals surface area contributed by atoms with Crippen LogP contribution in [0.3, 0.4) is 0 Å². The molecule has 2 rings (SSSR count). The van der Waals surface area contributed by atoms with Gasteiger partial charge in [-0.15, -0.1) is 11.3 Å². The molecule has 1 aromatic heterocycles. The number of amides is 1. The van der Waals surface area contributed by atoms with Crippen LogP contribution < -0.4 is 10.1 Å². The van der Waals surface area contributed by atoms with Gasteiger partial charge in [0.2, 0.25) is 0 Å². The van der Waals surface area contributed by atoms with Gasteiger partial charge in [-0.2, -0.15) is 0 Å². The van der Waals surface area contributed by atoms with Gasteiger partial charge in [0.25, 0.3) is 5.91 Å². The number of hydrogen-bond acceptors (Lipinski definition) is 4. The Morgan fingerprint density at radius 3 is 2.90 bits per heavy atom. The Bertz CT molecular complexity index is 595. The Kier molecular flexibility index (Phi) is 4.74.